The Balaban J connectivity index is 2.03. The van der Waals surface area contributed by atoms with Gasteiger partial charge in [-0.15, -0.1) is 0 Å². The highest BCUT2D eigenvalue weighted by Crippen LogP contribution is 2.17. The molecule has 0 aliphatic carbocycles. The van der Waals surface area contributed by atoms with Crippen molar-refractivity contribution >= 4 is 33.4 Å². The summed E-state index contributed by atoms with van der Waals surface area (Å²) in [5.41, 5.74) is 18.1. The Morgan fingerprint density at radius 3 is 2.23 bits per heavy atom. The maximum absolute atomic E-state index is 11.9. The molecule has 10 nitrogen and oxygen atoms in total. The quantitative estimate of drug-likeness (QED) is 0.348. The van der Waals surface area contributed by atoms with Gasteiger partial charge in [0, 0.05) is 31.8 Å². The standard InChI is InChI=1S/C15H11N7O3S/c16-20-19-13-4-1-11(2-5-13)3-10-15(23)18-12-6-8-14(9-7-12)26(24,25)22-21-17/h1-10H,(H,18,23)/b10-3+. The molecule has 1 N–H and O–H groups in total. The second-order valence-electron chi connectivity index (χ2n) is 4.77. The molecular formula is C15H11N7O3S. The van der Waals surface area contributed by atoms with Gasteiger partial charge in [-0.05, 0) is 47.0 Å². The van der Waals surface area contributed by atoms with Gasteiger partial charge >= 0.3 is 0 Å². The molecule has 1 amide bonds. The van der Waals surface area contributed by atoms with Crippen molar-refractivity contribution in [1.82, 2.24) is 0 Å². The Kier molecular flexibility index (Phi) is 5.96. The van der Waals surface area contributed by atoms with Crippen LogP contribution in [0.25, 0.3) is 27.0 Å². The minimum absolute atomic E-state index is 0.177. The zero-order valence-corrected chi connectivity index (χ0v) is 13.9. The van der Waals surface area contributed by atoms with Crippen LogP contribution in [0.5, 0.6) is 0 Å². The van der Waals surface area contributed by atoms with E-state index in [4.69, 9.17) is 11.1 Å². The number of carbonyl (C=O) groups excluding carboxylic acids is 1. The number of nitrogens with zero attached hydrogens (tertiary/aromatic N) is 6. The highest BCUT2D eigenvalue weighted by Gasteiger charge is 2.11. The topological polar surface area (TPSA) is 161 Å². The van der Waals surface area contributed by atoms with Gasteiger partial charge in [0.05, 0.1) is 4.90 Å². The molecule has 2 aromatic carbocycles. The number of anilines is 1. The molecule has 0 bridgehead atoms. The molecule has 0 radical (unpaired) electrons. The molecule has 0 unspecified atom stereocenters. The van der Waals surface area contributed by atoms with Gasteiger partial charge in [-0.1, -0.05) is 29.4 Å². The first-order valence-electron chi connectivity index (χ1n) is 7.00. The minimum Gasteiger partial charge on any atom is -0.323 e. The van der Waals surface area contributed by atoms with Crippen LogP contribution in [0.2, 0.25) is 0 Å². The van der Waals surface area contributed by atoms with Crippen molar-refractivity contribution in [2.24, 2.45) is 9.63 Å². The fourth-order valence-electron chi connectivity index (χ4n) is 1.87. The van der Waals surface area contributed by atoms with Crippen LogP contribution in [0.15, 0.2) is 69.1 Å². The van der Waals surface area contributed by atoms with E-state index in [-0.39, 0.29) is 4.90 Å². The molecular weight excluding hydrogens is 358 g/mol. The summed E-state index contributed by atoms with van der Waals surface area (Å²) < 4.78 is 25.8. The van der Waals surface area contributed by atoms with Crippen molar-refractivity contribution in [3.8, 4) is 0 Å². The molecule has 11 heteroatoms. The first-order valence-corrected chi connectivity index (χ1v) is 8.44. The fraction of sp³-hybridized carbons (Fsp3) is 0. The third-order valence-corrected chi connectivity index (χ3v) is 4.20. The zero-order chi connectivity index (χ0) is 19.0. The van der Waals surface area contributed by atoms with Crippen molar-refractivity contribution in [2.45, 2.75) is 4.90 Å². The fourth-order valence-corrected chi connectivity index (χ4v) is 2.54. The summed E-state index contributed by atoms with van der Waals surface area (Å²) >= 11 is 0. The van der Waals surface area contributed by atoms with E-state index in [1.165, 1.54) is 30.3 Å². The van der Waals surface area contributed by atoms with Crippen molar-refractivity contribution in [3.63, 3.8) is 0 Å². The number of rotatable bonds is 6. The Bertz CT molecular complexity index is 1030. The lowest BCUT2D eigenvalue weighted by Crippen LogP contribution is -2.07. The molecule has 0 spiro atoms. The Morgan fingerprint density at radius 1 is 1.00 bits per heavy atom. The molecule has 0 aliphatic heterocycles. The molecule has 130 valence electrons. The van der Waals surface area contributed by atoms with Crippen LogP contribution >= 0.6 is 0 Å². The van der Waals surface area contributed by atoms with Crippen LogP contribution in [-0.4, -0.2) is 14.3 Å². The van der Waals surface area contributed by atoms with Crippen molar-refractivity contribution in [1.29, 1.82) is 0 Å². The lowest BCUT2D eigenvalue weighted by atomic mass is 10.2. The molecule has 0 aliphatic rings. The molecule has 0 heterocycles. The summed E-state index contributed by atoms with van der Waals surface area (Å²) in [6.07, 6.45) is 2.86. The average Bonchev–Trinajstić information content (AvgIpc) is 2.62. The van der Waals surface area contributed by atoms with E-state index in [0.717, 1.165) is 5.56 Å². The monoisotopic (exact) mass is 369 g/mol. The van der Waals surface area contributed by atoms with Gasteiger partial charge < -0.3 is 5.32 Å². The largest absolute Gasteiger partial charge is 0.323 e. The van der Waals surface area contributed by atoms with Crippen LogP contribution in [-0.2, 0) is 14.8 Å². The van der Waals surface area contributed by atoms with Crippen molar-refractivity contribution in [2.75, 3.05) is 5.32 Å². The molecule has 26 heavy (non-hydrogen) atoms. The lowest BCUT2D eigenvalue weighted by molar-refractivity contribution is -0.111. The maximum Gasteiger partial charge on any atom is 0.264 e. The predicted octanol–water partition coefficient (Wildman–Crippen LogP) is 4.28. The number of nitrogens with one attached hydrogen (secondary N) is 1. The first-order chi connectivity index (χ1) is 12.4. The Morgan fingerprint density at radius 2 is 1.65 bits per heavy atom. The maximum atomic E-state index is 11.9. The Hall–Kier alpha value is -3.78. The lowest BCUT2D eigenvalue weighted by Gasteiger charge is -2.03. The third-order valence-electron chi connectivity index (χ3n) is 3.04. The van der Waals surface area contributed by atoms with Gasteiger partial charge in [0.1, 0.15) is 0 Å². The second-order valence-corrected chi connectivity index (χ2v) is 6.36. The number of hydrogen-bond acceptors (Lipinski definition) is 4. The summed E-state index contributed by atoms with van der Waals surface area (Å²) in [6, 6.07) is 11.8. The van der Waals surface area contributed by atoms with Gasteiger partial charge in [0.15, 0.2) is 0 Å². The number of sulfonamides is 1. The summed E-state index contributed by atoms with van der Waals surface area (Å²) in [4.78, 5) is 16.6. The average molecular weight is 369 g/mol. The normalized spacial score (nSPS) is 10.6. The van der Waals surface area contributed by atoms with Gasteiger partial charge in [-0.2, -0.15) is 0 Å². The van der Waals surface area contributed by atoms with E-state index in [9.17, 15) is 13.2 Å². The molecule has 0 aromatic heterocycles. The van der Waals surface area contributed by atoms with Gasteiger partial charge in [0.25, 0.3) is 10.0 Å². The molecule has 2 rings (SSSR count). The van der Waals surface area contributed by atoms with Gasteiger partial charge in [-0.25, -0.2) is 8.42 Å². The summed E-state index contributed by atoms with van der Waals surface area (Å²) in [7, 11) is -4.06. The number of azide groups is 2. The SMILES string of the molecule is [N-]=[N+]=Nc1ccc(/C=C/C(=O)Nc2ccc(S(=O)(=O)N=[N+]=[N-])cc2)cc1. The molecule has 0 fully saturated rings. The number of benzene rings is 2. The number of carbonyl (C=O) groups is 1. The number of hydrogen-bond donors (Lipinski definition) is 1. The van der Waals surface area contributed by atoms with E-state index < -0.39 is 15.9 Å². The third kappa shape index (κ3) is 5.11. The predicted molar refractivity (Wildman–Crippen MR) is 95.7 cm³/mol. The number of amides is 1. The van der Waals surface area contributed by atoms with Gasteiger partial charge in [-0.3, -0.25) is 4.79 Å². The van der Waals surface area contributed by atoms with Gasteiger partial charge in [0.2, 0.25) is 5.91 Å². The Labute approximate surface area is 148 Å². The summed E-state index contributed by atoms with van der Waals surface area (Å²) in [5.74, 6) is -0.422. The molecule has 2 aromatic rings. The highest BCUT2D eigenvalue weighted by atomic mass is 32.2. The van der Waals surface area contributed by atoms with Crippen molar-refractivity contribution in [3.05, 3.63) is 81.1 Å². The first kappa shape index (κ1) is 18.6. The van der Waals surface area contributed by atoms with E-state index >= 15 is 0 Å². The minimum atomic E-state index is -4.06. The molecule has 0 atom stereocenters. The zero-order valence-electron chi connectivity index (χ0n) is 13.1. The van der Waals surface area contributed by atoms with E-state index in [1.54, 1.807) is 30.3 Å². The van der Waals surface area contributed by atoms with Crippen molar-refractivity contribution < 1.29 is 13.2 Å². The highest BCUT2D eigenvalue weighted by molar-refractivity contribution is 7.90. The molecule has 0 saturated heterocycles. The second kappa shape index (κ2) is 8.36. The van der Waals surface area contributed by atoms with E-state index in [1.807, 2.05) is 0 Å². The molecule has 0 saturated carbocycles. The summed E-state index contributed by atoms with van der Waals surface area (Å²) in [6.45, 7) is 0. The van der Waals surface area contributed by atoms with Crippen LogP contribution in [0.1, 0.15) is 5.56 Å². The van der Waals surface area contributed by atoms with Crippen LogP contribution in [0.4, 0.5) is 11.4 Å². The van der Waals surface area contributed by atoms with E-state index in [0.29, 0.717) is 11.4 Å². The summed E-state index contributed by atoms with van der Waals surface area (Å²) in [5, 5.41) is 6.01. The van der Waals surface area contributed by atoms with Crippen LogP contribution in [0.3, 0.4) is 0 Å². The van der Waals surface area contributed by atoms with Crippen LogP contribution in [0, 0.1) is 0 Å². The van der Waals surface area contributed by atoms with E-state index in [2.05, 4.69) is 24.8 Å². The van der Waals surface area contributed by atoms with Crippen LogP contribution < -0.4 is 5.32 Å². The smallest absolute Gasteiger partial charge is 0.264 e.